The first-order valence-corrected chi connectivity index (χ1v) is 10.4. The summed E-state index contributed by atoms with van der Waals surface area (Å²) >= 11 is 0. The lowest BCUT2D eigenvalue weighted by atomic mass is 10.1. The van der Waals surface area contributed by atoms with Crippen molar-refractivity contribution >= 4 is 36.2 Å². The number of hydrogen-bond donors (Lipinski definition) is 0. The molecule has 4 nitrogen and oxygen atoms in total. The number of benzene rings is 3. The second-order valence-electron chi connectivity index (χ2n) is 7.38. The lowest BCUT2D eigenvalue weighted by Gasteiger charge is -2.04. The summed E-state index contributed by atoms with van der Waals surface area (Å²) in [5, 5.41) is 0. The zero-order valence-corrected chi connectivity index (χ0v) is 18.7. The molecule has 0 aliphatic rings. The van der Waals surface area contributed by atoms with Crippen LogP contribution in [0.25, 0.3) is 24.3 Å². The standard InChI is InChI=1S/C29H23FO4/c1-4-28(31)33-25-15-9-22(10-16-25)7-13-24-14-8-23(19-27(24)30)6-5-21-11-17-26(18-12-21)34-29(32)20(2)3/h4-19H,1-2H2,3H3/b6-5+,13-7+. The molecule has 0 amide bonds. The van der Waals surface area contributed by atoms with Gasteiger partial charge in [0.15, 0.2) is 0 Å². The van der Waals surface area contributed by atoms with Crippen LogP contribution in [0.3, 0.4) is 0 Å². The largest absolute Gasteiger partial charge is 0.423 e. The predicted molar refractivity (Wildman–Crippen MR) is 133 cm³/mol. The summed E-state index contributed by atoms with van der Waals surface area (Å²) in [7, 11) is 0. The van der Waals surface area contributed by atoms with Crippen molar-refractivity contribution in [1.29, 1.82) is 0 Å². The number of halogens is 1. The third-order valence-corrected chi connectivity index (χ3v) is 4.65. The summed E-state index contributed by atoms with van der Waals surface area (Å²) in [6, 6.07) is 18.8. The predicted octanol–water partition coefficient (Wildman–Crippen LogP) is 6.74. The molecule has 0 spiro atoms. The molecule has 3 aromatic carbocycles. The number of hydrogen-bond acceptors (Lipinski definition) is 4. The van der Waals surface area contributed by atoms with Crippen LogP contribution in [-0.4, -0.2) is 11.9 Å². The van der Waals surface area contributed by atoms with E-state index < -0.39 is 11.9 Å². The first-order chi connectivity index (χ1) is 16.3. The van der Waals surface area contributed by atoms with Crippen LogP contribution < -0.4 is 9.47 Å². The van der Waals surface area contributed by atoms with Crippen molar-refractivity contribution in [2.45, 2.75) is 6.92 Å². The average molecular weight is 454 g/mol. The molecule has 0 heterocycles. The second-order valence-corrected chi connectivity index (χ2v) is 7.38. The fourth-order valence-electron chi connectivity index (χ4n) is 2.81. The van der Waals surface area contributed by atoms with Crippen molar-refractivity contribution in [3.8, 4) is 11.5 Å². The van der Waals surface area contributed by atoms with E-state index in [0.717, 1.165) is 17.2 Å². The Kier molecular flexibility index (Phi) is 8.08. The second kappa shape index (κ2) is 11.4. The van der Waals surface area contributed by atoms with Gasteiger partial charge in [-0.25, -0.2) is 14.0 Å². The van der Waals surface area contributed by atoms with E-state index in [-0.39, 0.29) is 5.82 Å². The van der Waals surface area contributed by atoms with Gasteiger partial charge in [-0.3, -0.25) is 0 Å². The van der Waals surface area contributed by atoms with Crippen LogP contribution in [0.1, 0.15) is 29.2 Å². The topological polar surface area (TPSA) is 52.6 Å². The summed E-state index contributed by atoms with van der Waals surface area (Å²) in [4.78, 5) is 22.8. The molecular weight excluding hydrogens is 431 g/mol. The molecule has 0 radical (unpaired) electrons. The van der Waals surface area contributed by atoms with Crippen LogP contribution >= 0.6 is 0 Å². The van der Waals surface area contributed by atoms with Gasteiger partial charge < -0.3 is 9.47 Å². The van der Waals surface area contributed by atoms with Crippen molar-refractivity contribution in [2.75, 3.05) is 0 Å². The minimum Gasteiger partial charge on any atom is -0.423 e. The van der Waals surface area contributed by atoms with Crippen LogP contribution in [0, 0.1) is 5.82 Å². The molecule has 3 rings (SSSR count). The molecule has 0 saturated heterocycles. The van der Waals surface area contributed by atoms with Gasteiger partial charge in [-0.15, -0.1) is 0 Å². The van der Waals surface area contributed by atoms with Gasteiger partial charge in [0.2, 0.25) is 0 Å². The highest BCUT2D eigenvalue weighted by molar-refractivity contribution is 5.88. The number of esters is 2. The normalized spacial score (nSPS) is 10.9. The third kappa shape index (κ3) is 7.00. The zero-order valence-electron chi connectivity index (χ0n) is 18.7. The molecule has 3 aromatic rings. The van der Waals surface area contributed by atoms with E-state index in [4.69, 9.17) is 9.47 Å². The maximum Gasteiger partial charge on any atom is 0.338 e. The fourth-order valence-corrected chi connectivity index (χ4v) is 2.81. The van der Waals surface area contributed by atoms with Crippen LogP contribution in [-0.2, 0) is 9.59 Å². The van der Waals surface area contributed by atoms with Crippen LogP contribution in [0.15, 0.2) is 91.5 Å². The zero-order chi connectivity index (χ0) is 24.5. The van der Waals surface area contributed by atoms with E-state index in [2.05, 4.69) is 13.2 Å². The van der Waals surface area contributed by atoms with Crippen molar-refractivity contribution < 1.29 is 23.5 Å². The monoisotopic (exact) mass is 454 g/mol. The summed E-state index contributed by atoms with van der Waals surface area (Å²) in [5.41, 5.74) is 3.19. The Balaban J connectivity index is 1.63. The molecule has 5 heteroatoms. The molecule has 34 heavy (non-hydrogen) atoms. The molecule has 0 aromatic heterocycles. The third-order valence-electron chi connectivity index (χ3n) is 4.65. The molecule has 0 saturated carbocycles. The van der Waals surface area contributed by atoms with Gasteiger partial charge in [0, 0.05) is 17.2 Å². The Morgan fingerprint density at radius 1 is 0.765 bits per heavy atom. The van der Waals surface area contributed by atoms with E-state index in [9.17, 15) is 14.0 Å². The van der Waals surface area contributed by atoms with Crippen LogP contribution in [0.5, 0.6) is 11.5 Å². The van der Waals surface area contributed by atoms with Gasteiger partial charge in [0.1, 0.15) is 17.3 Å². The summed E-state index contributed by atoms with van der Waals surface area (Å²) in [6.45, 7) is 8.49. The molecule has 0 aliphatic heterocycles. The highest BCUT2D eigenvalue weighted by Crippen LogP contribution is 2.19. The van der Waals surface area contributed by atoms with E-state index >= 15 is 0 Å². The highest BCUT2D eigenvalue weighted by atomic mass is 19.1. The lowest BCUT2D eigenvalue weighted by Crippen LogP contribution is -2.07. The van der Waals surface area contributed by atoms with Gasteiger partial charge in [-0.05, 0) is 53.9 Å². The summed E-state index contributed by atoms with van der Waals surface area (Å²) < 4.78 is 24.7. The van der Waals surface area contributed by atoms with Gasteiger partial charge in [-0.1, -0.05) is 73.9 Å². The molecule has 0 atom stereocenters. The fraction of sp³-hybridized carbons (Fsp3) is 0.0345. The molecular formula is C29H23FO4. The molecule has 0 aliphatic carbocycles. The number of carbonyl (C=O) groups is 2. The van der Waals surface area contributed by atoms with E-state index in [1.165, 1.54) is 6.07 Å². The first kappa shape index (κ1) is 24.1. The Bertz CT molecular complexity index is 1270. The molecule has 170 valence electrons. The Morgan fingerprint density at radius 3 is 1.79 bits per heavy atom. The maximum atomic E-state index is 14.6. The lowest BCUT2D eigenvalue weighted by molar-refractivity contribution is -0.130. The van der Waals surface area contributed by atoms with Gasteiger partial charge in [-0.2, -0.15) is 0 Å². The van der Waals surface area contributed by atoms with Gasteiger partial charge >= 0.3 is 11.9 Å². The Labute approximate surface area is 198 Å². The van der Waals surface area contributed by atoms with Crippen LogP contribution in [0.2, 0.25) is 0 Å². The van der Waals surface area contributed by atoms with E-state index in [0.29, 0.717) is 28.2 Å². The van der Waals surface area contributed by atoms with Crippen molar-refractivity contribution in [2.24, 2.45) is 0 Å². The van der Waals surface area contributed by atoms with Gasteiger partial charge in [0.25, 0.3) is 0 Å². The van der Waals surface area contributed by atoms with Crippen molar-refractivity contribution in [3.63, 3.8) is 0 Å². The van der Waals surface area contributed by atoms with Crippen molar-refractivity contribution in [1.82, 2.24) is 0 Å². The maximum absolute atomic E-state index is 14.6. The first-order valence-electron chi connectivity index (χ1n) is 10.4. The Morgan fingerprint density at radius 2 is 1.26 bits per heavy atom. The number of carbonyl (C=O) groups excluding carboxylic acids is 2. The summed E-state index contributed by atoms with van der Waals surface area (Å²) in [5.74, 6) is -0.511. The highest BCUT2D eigenvalue weighted by Gasteiger charge is 2.05. The molecule has 0 unspecified atom stereocenters. The molecule has 0 bridgehead atoms. The minimum absolute atomic E-state index is 0.328. The van der Waals surface area contributed by atoms with E-state index in [1.807, 2.05) is 12.1 Å². The van der Waals surface area contributed by atoms with Gasteiger partial charge in [0.05, 0.1) is 0 Å². The van der Waals surface area contributed by atoms with Crippen molar-refractivity contribution in [3.05, 3.63) is 120 Å². The Hall–Kier alpha value is -4.51. The minimum atomic E-state index is -0.527. The number of rotatable bonds is 8. The quantitative estimate of drug-likeness (QED) is 0.164. The summed E-state index contributed by atoms with van der Waals surface area (Å²) in [6.07, 6.45) is 8.19. The number of ether oxygens (including phenoxy) is 2. The average Bonchev–Trinajstić information content (AvgIpc) is 2.83. The van der Waals surface area contributed by atoms with Crippen LogP contribution in [0.4, 0.5) is 4.39 Å². The smallest absolute Gasteiger partial charge is 0.338 e. The molecule has 0 fully saturated rings. The molecule has 0 N–H and O–H groups in total. The van der Waals surface area contributed by atoms with E-state index in [1.54, 1.807) is 79.7 Å². The SMILES string of the molecule is C=CC(=O)Oc1ccc(/C=C/c2ccc(/C=C/c3ccc(OC(=O)C(=C)C)cc3)cc2F)cc1.